The fourth-order valence-electron chi connectivity index (χ4n) is 3.88. The molecule has 2 aliphatic rings. The number of fused-ring (bicyclic) bond motifs is 1. The smallest absolute Gasteiger partial charge is 0.247 e. The van der Waals surface area contributed by atoms with Crippen LogP contribution in [-0.4, -0.2) is 31.0 Å². The molecule has 3 rings (SSSR count). The molecule has 1 amide bonds. The van der Waals surface area contributed by atoms with Crippen LogP contribution in [0.2, 0.25) is 0 Å². The van der Waals surface area contributed by atoms with Crippen molar-refractivity contribution < 1.29 is 9.53 Å². The van der Waals surface area contributed by atoms with E-state index in [9.17, 15) is 4.79 Å². The summed E-state index contributed by atoms with van der Waals surface area (Å²) in [5.41, 5.74) is 7.71. The fourth-order valence-corrected chi connectivity index (χ4v) is 3.88. The molecule has 2 aliphatic carbocycles. The van der Waals surface area contributed by atoms with E-state index in [2.05, 4.69) is 0 Å². The second kappa shape index (κ2) is 5.34. The zero-order valence-corrected chi connectivity index (χ0v) is 12.9. The molecule has 1 fully saturated rings. The number of nitrogens with zero attached hydrogens (tertiary/aromatic N) is 1. The van der Waals surface area contributed by atoms with Crippen molar-refractivity contribution in [2.75, 3.05) is 14.2 Å². The zero-order valence-electron chi connectivity index (χ0n) is 12.9. The topological polar surface area (TPSA) is 55.6 Å². The van der Waals surface area contributed by atoms with E-state index in [1.54, 1.807) is 7.11 Å². The van der Waals surface area contributed by atoms with Crippen LogP contribution in [0.25, 0.3) is 0 Å². The minimum Gasteiger partial charge on any atom is -0.496 e. The number of methoxy groups -OCH3 is 1. The Kier molecular flexibility index (Phi) is 3.66. The van der Waals surface area contributed by atoms with Crippen molar-refractivity contribution >= 4 is 5.91 Å². The SMILES string of the molecule is COc1cccc2c1CCC2(N)C(=O)N(C)C1CCCC1. The molecular weight excluding hydrogens is 264 g/mol. The van der Waals surface area contributed by atoms with E-state index < -0.39 is 5.54 Å². The molecule has 0 saturated heterocycles. The Labute approximate surface area is 126 Å². The Morgan fingerprint density at radius 2 is 2.10 bits per heavy atom. The molecule has 114 valence electrons. The molecule has 0 heterocycles. The van der Waals surface area contributed by atoms with E-state index in [0.29, 0.717) is 12.5 Å². The summed E-state index contributed by atoms with van der Waals surface area (Å²) in [5.74, 6) is 0.901. The van der Waals surface area contributed by atoms with Crippen LogP contribution in [-0.2, 0) is 16.8 Å². The van der Waals surface area contributed by atoms with Gasteiger partial charge < -0.3 is 15.4 Å². The third-order valence-corrected chi connectivity index (χ3v) is 5.18. The minimum atomic E-state index is -0.888. The number of carbonyl (C=O) groups excluding carboxylic acids is 1. The van der Waals surface area contributed by atoms with Gasteiger partial charge in [-0.05, 0) is 42.9 Å². The van der Waals surface area contributed by atoms with Gasteiger partial charge in [-0.15, -0.1) is 0 Å². The van der Waals surface area contributed by atoms with E-state index in [4.69, 9.17) is 10.5 Å². The van der Waals surface area contributed by atoms with E-state index in [0.717, 1.165) is 36.1 Å². The van der Waals surface area contributed by atoms with Crippen molar-refractivity contribution in [2.45, 2.75) is 50.1 Å². The summed E-state index contributed by atoms with van der Waals surface area (Å²) in [5, 5.41) is 0. The predicted octanol–water partition coefficient (Wildman–Crippen LogP) is 2.20. The summed E-state index contributed by atoms with van der Waals surface area (Å²) < 4.78 is 5.41. The van der Waals surface area contributed by atoms with Gasteiger partial charge in [0.1, 0.15) is 11.3 Å². The molecule has 0 bridgehead atoms. The van der Waals surface area contributed by atoms with Crippen molar-refractivity contribution in [3.63, 3.8) is 0 Å². The molecule has 1 atom stereocenters. The van der Waals surface area contributed by atoms with Gasteiger partial charge in [-0.1, -0.05) is 25.0 Å². The Balaban J connectivity index is 1.91. The van der Waals surface area contributed by atoms with Gasteiger partial charge >= 0.3 is 0 Å². The molecule has 1 unspecified atom stereocenters. The van der Waals surface area contributed by atoms with E-state index in [1.165, 1.54) is 12.8 Å². The first-order chi connectivity index (χ1) is 10.1. The molecular formula is C17H24N2O2. The van der Waals surface area contributed by atoms with Gasteiger partial charge in [0.15, 0.2) is 0 Å². The lowest BCUT2D eigenvalue weighted by Crippen LogP contribution is -2.52. The van der Waals surface area contributed by atoms with Crippen molar-refractivity contribution in [3.8, 4) is 5.75 Å². The standard InChI is InChI=1S/C17H24N2O2/c1-19(12-6-3-4-7-12)16(20)17(18)11-10-13-14(17)8-5-9-15(13)21-2/h5,8-9,12H,3-4,6-7,10-11,18H2,1-2H3. The Morgan fingerprint density at radius 1 is 1.38 bits per heavy atom. The van der Waals surface area contributed by atoms with Gasteiger partial charge in [0.25, 0.3) is 0 Å². The number of nitrogens with two attached hydrogens (primary N) is 1. The number of carbonyl (C=O) groups is 1. The van der Waals surface area contributed by atoms with Gasteiger partial charge in [0.2, 0.25) is 5.91 Å². The lowest BCUT2D eigenvalue weighted by Gasteiger charge is -2.33. The molecule has 4 nitrogen and oxygen atoms in total. The first-order valence-corrected chi connectivity index (χ1v) is 7.80. The number of hydrogen-bond donors (Lipinski definition) is 1. The number of benzene rings is 1. The van der Waals surface area contributed by atoms with Crippen LogP contribution in [0.4, 0.5) is 0 Å². The Bertz CT molecular complexity index is 552. The van der Waals surface area contributed by atoms with Gasteiger partial charge in [-0.3, -0.25) is 4.79 Å². The molecule has 0 radical (unpaired) electrons. The first kappa shape index (κ1) is 14.4. The Morgan fingerprint density at radius 3 is 2.76 bits per heavy atom. The highest BCUT2D eigenvalue weighted by Gasteiger charge is 2.45. The first-order valence-electron chi connectivity index (χ1n) is 7.80. The summed E-state index contributed by atoms with van der Waals surface area (Å²) in [6.45, 7) is 0. The summed E-state index contributed by atoms with van der Waals surface area (Å²) in [6, 6.07) is 6.20. The summed E-state index contributed by atoms with van der Waals surface area (Å²) >= 11 is 0. The summed E-state index contributed by atoms with van der Waals surface area (Å²) in [6.07, 6.45) is 6.10. The maximum absolute atomic E-state index is 13.0. The van der Waals surface area contributed by atoms with Crippen LogP contribution in [0.3, 0.4) is 0 Å². The minimum absolute atomic E-state index is 0.0569. The van der Waals surface area contributed by atoms with Gasteiger partial charge in [0.05, 0.1) is 7.11 Å². The van der Waals surface area contributed by atoms with Crippen LogP contribution >= 0.6 is 0 Å². The average Bonchev–Trinajstić information content (AvgIpc) is 3.15. The lowest BCUT2D eigenvalue weighted by molar-refractivity contribution is -0.138. The van der Waals surface area contributed by atoms with Crippen LogP contribution in [0.1, 0.15) is 43.2 Å². The molecule has 1 aromatic carbocycles. The van der Waals surface area contributed by atoms with Crippen molar-refractivity contribution in [1.29, 1.82) is 0 Å². The lowest BCUT2D eigenvalue weighted by atomic mass is 9.90. The zero-order chi connectivity index (χ0) is 15.0. The van der Waals surface area contributed by atoms with Crippen LogP contribution < -0.4 is 10.5 Å². The monoisotopic (exact) mass is 288 g/mol. The highest BCUT2D eigenvalue weighted by atomic mass is 16.5. The van der Waals surface area contributed by atoms with E-state index in [1.807, 2.05) is 30.1 Å². The van der Waals surface area contributed by atoms with Gasteiger partial charge in [0, 0.05) is 13.1 Å². The number of rotatable bonds is 3. The normalized spacial score (nSPS) is 24.9. The highest BCUT2D eigenvalue weighted by Crippen LogP contribution is 2.41. The second-order valence-electron chi connectivity index (χ2n) is 6.31. The van der Waals surface area contributed by atoms with Gasteiger partial charge in [-0.25, -0.2) is 0 Å². The second-order valence-corrected chi connectivity index (χ2v) is 6.31. The molecule has 1 aromatic rings. The average molecular weight is 288 g/mol. The number of hydrogen-bond acceptors (Lipinski definition) is 3. The maximum atomic E-state index is 13.0. The molecule has 1 saturated carbocycles. The number of likely N-dealkylation sites (N-methyl/N-ethyl adjacent to an activating group) is 1. The molecule has 4 heteroatoms. The fraction of sp³-hybridized carbons (Fsp3) is 0.588. The molecule has 0 aliphatic heterocycles. The molecule has 0 aromatic heterocycles. The largest absolute Gasteiger partial charge is 0.496 e. The van der Waals surface area contributed by atoms with E-state index >= 15 is 0 Å². The van der Waals surface area contributed by atoms with Crippen LogP contribution in [0.15, 0.2) is 18.2 Å². The van der Waals surface area contributed by atoms with Gasteiger partial charge in [-0.2, -0.15) is 0 Å². The van der Waals surface area contributed by atoms with Crippen molar-refractivity contribution in [3.05, 3.63) is 29.3 Å². The number of amides is 1. The number of ether oxygens (including phenoxy) is 1. The molecule has 21 heavy (non-hydrogen) atoms. The summed E-state index contributed by atoms with van der Waals surface area (Å²) in [4.78, 5) is 14.9. The third kappa shape index (κ3) is 2.22. The van der Waals surface area contributed by atoms with Crippen molar-refractivity contribution in [1.82, 2.24) is 4.90 Å². The predicted molar refractivity (Wildman–Crippen MR) is 82.2 cm³/mol. The van der Waals surface area contributed by atoms with Crippen LogP contribution in [0, 0.1) is 0 Å². The molecule has 2 N–H and O–H groups in total. The highest BCUT2D eigenvalue weighted by molar-refractivity contribution is 5.89. The quantitative estimate of drug-likeness (QED) is 0.927. The third-order valence-electron chi connectivity index (χ3n) is 5.18. The van der Waals surface area contributed by atoms with E-state index in [-0.39, 0.29) is 5.91 Å². The molecule has 0 spiro atoms. The van der Waals surface area contributed by atoms with Crippen LogP contribution in [0.5, 0.6) is 5.75 Å². The maximum Gasteiger partial charge on any atom is 0.247 e. The summed E-state index contributed by atoms with van der Waals surface area (Å²) in [7, 11) is 3.57. The Hall–Kier alpha value is -1.55. The van der Waals surface area contributed by atoms with Crippen molar-refractivity contribution in [2.24, 2.45) is 5.73 Å².